The molecule has 0 radical (unpaired) electrons. The van der Waals surface area contributed by atoms with Gasteiger partial charge in [-0.15, -0.1) is 0 Å². The largest absolute Gasteiger partial charge is 0.295 e. The molecule has 2 aromatic rings. The lowest BCUT2D eigenvalue weighted by Gasteiger charge is -2.15. The van der Waals surface area contributed by atoms with Crippen LogP contribution in [0.1, 0.15) is 28.3 Å². The molecule has 1 heterocycles. The van der Waals surface area contributed by atoms with E-state index in [0.717, 1.165) is 25.1 Å². The molecule has 1 aliphatic rings. The number of carbonyl (C=O) groups is 1. The Morgan fingerprint density at radius 2 is 1.81 bits per heavy atom. The summed E-state index contributed by atoms with van der Waals surface area (Å²) in [6, 6.07) is 17.7. The number of benzene rings is 2. The van der Waals surface area contributed by atoms with E-state index < -0.39 is 0 Å². The van der Waals surface area contributed by atoms with Crippen molar-refractivity contribution in [2.75, 3.05) is 19.6 Å². The topological polar surface area (TPSA) is 20.3 Å². The normalized spacial score (nSPS) is 18.8. The molecule has 3 rings (SSSR count). The summed E-state index contributed by atoms with van der Waals surface area (Å²) in [5.41, 5.74) is 2.11. The molecule has 2 nitrogen and oxygen atoms in total. The van der Waals surface area contributed by atoms with Gasteiger partial charge < -0.3 is 0 Å². The predicted molar refractivity (Wildman–Crippen MR) is 86.0 cm³/mol. The molecule has 1 saturated heterocycles. The van der Waals surface area contributed by atoms with Crippen LogP contribution in [0.5, 0.6) is 0 Å². The average molecular weight is 300 g/mol. The fourth-order valence-corrected chi connectivity index (χ4v) is 3.03. The summed E-state index contributed by atoms with van der Waals surface area (Å²) in [5, 5.41) is 0.664. The van der Waals surface area contributed by atoms with Gasteiger partial charge in [-0.2, -0.15) is 0 Å². The SMILES string of the molecule is O=C(CN1CCC(c2ccccc2)C1)c1ccc(Cl)cc1. The van der Waals surface area contributed by atoms with Crippen LogP contribution in [0.3, 0.4) is 0 Å². The van der Waals surface area contributed by atoms with Crippen LogP contribution in [-0.2, 0) is 0 Å². The minimum atomic E-state index is 0.167. The molecule has 0 N–H and O–H groups in total. The molecule has 21 heavy (non-hydrogen) atoms. The van der Waals surface area contributed by atoms with Gasteiger partial charge >= 0.3 is 0 Å². The molecule has 0 aliphatic carbocycles. The van der Waals surface area contributed by atoms with Crippen LogP contribution in [0.2, 0.25) is 5.02 Å². The zero-order valence-electron chi connectivity index (χ0n) is 11.8. The molecule has 0 amide bonds. The van der Waals surface area contributed by atoms with Gasteiger partial charge in [-0.25, -0.2) is 0 Å². The number of likely N-dealkylation sites (tertiary alicyclic amines) is 1. The maximum atomic E-state index is 12.3. The lowest BCUT2D eigenvalue weighted by atomic mass is 9.99. The van der Waals surface area contributed by atoms with E-state index in [1.807, 2.05) is 6.07 Å². The van der Waals surface area contributed by atoms with Crippen LogP contribution >= 0.6 is 11.6 Å². The Morgan fingerprint density at radius 3 is 2.52 bits per heavy atom. The van der Waals surface area contributed by atoms with E-state index in [1.54, 1.807) is 24.3 Å². The maximum Gasteiger partial charge on any atom is 0.176 e. The molecular weight excluding hydrogens is 282 g/mol. The molecule has 0 bridgehead atoms. The molecule has 3 heteroatoms. The second kappa shape index (κ2) is 6.42. The van der Waals surface area contributed by atoms with Crippen LogP contribution < -0.4 is 0 Å². The first-order chi connectivity index (χ1) is 10.2. The van der Waals surface area contributed by atoms with E-state index in [0.29, 0.717) is 17.5 Å². The summed E-state index contributed by atoms with van der Waals surface area (Å²) in [4.78, 5) is 14.5. The van der Waals surface area contributed by atoms with Gasteiger partial charge in [0.15, 0.2) is 5.78 Å². The number of hydrogen-bond acceptors (Lipinski definition) is 2. The van der Waals surface area contributed by atoms with Gasteiger partial charge in [0.2, 0.25) is 0 Å². The van der Waals surface area contributed by atoms with Crippen molar-refractivity contribution in [3.63, 3.8) is 0 Å². The molecule has 0 saturated carbocycles. The van der Waals surface area contributed by atoms with Crippen LogP contribution in [-0.4, -0.2) is 30.3 Å². The maximum absolute atomic E-state index is 12.3. The summed E-state index contributed by atoms with van der Waals surface area (Å²) in [6.07, 6.45) is 1.12. The molecule has 0 aromatic heterocycles. The Labute approximate surface area is 130 Å². The van der Waals surface area contributed by atoms with Crippen LogP contribution in [0, 0.1) is 0 Å². The molecule has 1 fully saturated rings. The van der Waals surface area contributed by atoms with Crippen molar-refractivity contribution >= 4 is 17.4 Å². The molecular formula is C18H18ClNO. The van der Waals surface area contributed by atoms with E-state index in [-0.39, 0.29) is 5.78 Å². The molecule has 0 spiro atoms. The Hall–Kier alpha value is -1.64. The first kappa shape index (κ1) is 14.3. The van der Waals surface area contributed by atoms with Crippen molar-refractivity contribution in [3.8, 4) is 0 Å². The van der Waals surface area contributed by atoms with Crippen molar-refractivity contribution in [2.24, 2.45) is 0 Å². The van der Waals surface area contributed by atoms with Crippen molar-refractivity contribution in [2.45, 2.75) is 12.3 Å². The van der Waals surface area contributed by atoms with Gasteiger partial charge in [0.05, 0.1) is 6.54 Å². The van der Waals surface area contributed by atoms with E-state index >= 15 is 0 Å². The predicted octanol–water partition coefficient (Wildman–Crippen LogP) is 4.01. The monoisotopic (exact) mass is 299 g/mol. The summed E-state index contributed by atoms with van der Waals surface area (Å²) in [6.45, 7) is 2.44. The third-order valence-electron chi connectivity index (χ3n) is 4.08. The molecule has 108 valence electrons. The quantitative estimate of drug-likeness (QED) is 0.795. The Morgan fingerprint density at radius 1 is 1.10 bits per heavy atom. The van der Waals surface area contributed by atoms with Crippen LogP contribution in [0.15, 0.2) is 54.6 Å². The number of hydrogen-bond donors (Lipinski definition) is 0. The highest BCUT2D eigenvalue weighted by Gasteiger charge is 2.25. The second-order valence-electron chi connectivity index (χ2n) is 5.56. The number of rotatable bonds is 4. The Balaban J connectivity index is 1.60. The highest BCUT2D eigenvalue weighted by atomic mass is 35.5. The number of nitrogens with zero attached hydrogens (tertiary/aromatic N) is 1. The third-order valence-corrected chi connectivity index (χ3v) is 4.33. The zero-order valence-corrected chi connectivity index (χ0v) is 12.6. The third kappa shape index (κ3) is 3.52. The van der Waals surface area contributed by atoms with E-state index in [1.165, 1.54) is 5.56 Å². The minimum Gasteiger partial charge on any atom is -0.295 e. The summed E-state index contributed by atoms with van der Waals surface area (Å²) in [7, 11) is 0. The molecule has 1 atom stereocenters. The van der Waals surface area contributed by atoms with Gasteiger partial charge in [0.25, 0.3) is 0 Å². The van der Waals surface area contributed by atoms with Gasteiger partial charge in [0.1, 0.15) is 0 Å². The summed E-state index contributed by atoms with van der Waals surface area (Å²) < 4.78 is 0. The number of halogens is 1. The van der Waals surface area contributed by atoms with Crippen molar-refractivity contribution in [1.29, 1.82) is 0 Å². The van der Waals surface area contributed by atoms with E-state index in [9.17, 15) is 4.79 Å². The Bertz CT molecular complexity index is 609. The molecule has 1 aliphatic heterocycles. The fourth-order valence-electron chi connectivity index (χ4n) is 2.90. The lowest BCUT2D eigenvalue weighted by Crippen LogP contribution is -2.27. The first-order valence-electron chi connectivity index (χ1n) is 7.28. The first-order valence-corrected chi connectivity index (χ1v) is 7.66. The highest BCUT2D eigenvalue weighted by molar-refractivity contribution is 6.30. The van der Waals surface area contributed by atoms with Crippen molar-refractivity contribution < 1.29 is 4.79 Å². The molecule has 2 aromatic carbocycles. The van der Waals surface area contributed by atoms with Crippen molar-refractivity contribution in [1.82, 2.24) is 4.90 Å². The Kier molecular flexibility index (Phi) is 4.37. The number of ketones is 1. The van der Waals surface area contributed by atoms with Gasteiger partial charge in [0, 0.05) is 17.1 Å². The standard InChI is InChI=1S/C18H18ClNO/c19-17-8-6-15(7-9-17)18(21)13-20-11-10-16(12-20)14-4-2-1-3-5-14/h1-9,16H,10-13H2. The molecule has 1 unspecified atom stereocenters. The summed E-state index contributed by atoms with van der Waals surface area (Å²) >= 11 is 5.85. The average Bonchev–Trinajstić information content (AvgIpc) is 2.97. The van der Waals surface area contributed by atoms with E-state index in [2.05, 4.69) is 29.2 Å². The van der Waals surface area contributed by atoms with Gasteiger partial charge in [-0.3, -0.25) is 9.69 Å². The minimum absolute atomic E-state index is 0.167. The van der Waals surface area contributed by atoms with E-state index in [4.69, 9.17) is 11.6 Å². The van der Waals surface area contributed by atoms with Crippen LogP contribution in [0.4, 0.5) is 0 Å². The smallest absolute Gasteiger partial charge is 0.176 e. The number of carbonyl (C=O) groups excluding carboxylic acids is 1. The van der Waals surface area contributed by atoms with Crippen molar-refractivity contribution in [3.05, 3.63) is 70.7 Å². The number of Topliss-reactive ketones (excluding diaryl/α,β-unsaturated/α-hetero) is 1. The summed E-state index contributed by atoms with van der Waals surface area (Å²) in [5.74, 6) is 0.713. The van der Waals surface area contributed by atoms with Crippen LogP contribution in [0.25, 0.3) is 0 Å². The van der Waals surface area contributed by atoms with Gasteiger partial charge in [-0.1, -0.05) is 41.9 Å². The fraction of sp³-hybridized carbons (Fsp3) is 0.278. The highest BCUT2D eigenvalue weighted by Crippen LogP contribution is 2.26. The van der Waals surface area contributed by atoms with Gasteiger partial charge in [-0.05, 0) is 48.7 Å². The lowest BCUT2D eigenvalue weighted by molar-refractivity contribution is 0.0944. The zero-order chi connectivity index (χ0) is 14.7. The second-order valence-corrected chi connectivity index (χ2v) is 6.00.